The Hall–Kier alpha value is -2.22. The summed E-state index contributed by atoms with van der Waals surface area (Å²) < 4.78 is 0. The molecule has 0 heterocycles. The van der Waals surface area contributed by atoms with Crippen LogP contribution in [0.25, 0.3) is 0 Å². The second-order valence-electron chi connectivity index (χ2n) is 8.88. The lowest BCUT2D eigenvalue weighted by Crippen LogP contribution is -2.18. The maximum absolute atomic E-state index is 10.5. The van der Waals surface area contributed by atoms with Crippen LogP contribution in [0.3, 0.4) is 0 Å². The van der Waals surface area contributed by atoms with Crippen molar-refractivity contribution in [1.29, 1.82) is 0 Å². The molecule has 2 N–H and O–H groups in total. The van der Waals surface area contributed by atoms with Gasteiger partial charge in [0.25, 0.3) is 0 Å². The summed E-state index contributed by atoms with van der Waals surface area (Å²) in [5.41, 5.74) is 3.63. The first-order valence-electron chi connectivity index (χ1n) is 10.7. The lowest BCUT2D eigenvalue weighted by Gasteiger charge is -2.29. The Morgan fingerprint density at radius 3 is 2.07 bits per heavy atom. The van der Waals surface area contributed by atoms with Gasteiger partial charge in [0, 0.05) is 11.8 Å². The van der Waals surface area contributed by atoms with Crippen LogP contribution in [0.5, 0.6) is 11.5 Å². The van der Waals surface area contributed by atoms with Crippen molar-refractivity contribution in [3.63, 3.8) is 0 Å². The molecule has 2 aromatic rings. The van der Waals surface area contributed by atoms with Crippen molar-refractivity contribution in [3.05, 3.63) is 71.3 Å². The van der Waals surface area contributed by atoms with Crippen LogP contribution >= 0.6 is 0 Å². The fourth-order valence-electron chi connectivity index (χ4n) is 4.37. The largest absolute Gasteiger partial charge is 0.508 e. The number of aromatic hydroxyl groups is 2. The van der Waals surface area contributed by atoms with Gasteiger partial charge in [-0.05, 0) is 59.6 Å². The van der Waals surface area contributed by atoms with E-state index in [4.69, 9.17) is 0 Å². The van der Waals surface area contributed by atoms with Crippen molar-refractivity contribution in [2.24, 2.45) is 0 Å². The summed E-state index contributed by atoms with van der Waals surface area (Å²) in [5.74, 6) is 1.56. The van der Waals surface area contributed by atoms with Crippen LogP contribution in [0.4, 0.5) is 0 Å². The van der Waals surface area contributed by atoms with Crippen molar-refractivity contribution >= 4 is 0 Å². The molecule has 150 valence electrons. The molecule has 2 nitrogen and oxygen atoms in total. The smallest absolute Gasteiger partial charge is 0.119 e. The third-order valence-corrected chi connectivity index (χ3v) is 6.27. The lowest BCUT2D eigenvalue weighted by atomic mass is 9.76. The Balaban J connectivity index is 1.76. The molecule has 1 aliphatic rings. The van der Waals surface area contributed by atoms with E-state index in [1.807, 2.05) is 18.2 Å². The van der Waals surface area contributed by atoms with E-state index in [0.717, 1.165) is 24.8 Å². The van der Waals surface area contributed by atoms with Crippen LogP contribution in [0.2, 0.25) is 0 Å². The van der Waals surface area contributed by atoms with Crippen LogP contribution in [0.15, 0.2) is 54.6 Å². The molecule has 2 heteroatoms. The molecule has 0 spiro atoms. The molecule has 0 bridgehead atoms. The molecule has 2 aromatic carbocycles. The Bertz CT molecular complexity index is 802. The van der Waals surface area contributed by atoms with Crippen LogP contribution in [-0.4, -0.2) is 10.2 Å². The van der Waals surface area contributed by atoms with Crippen molar-refractivity contribution in [1.82, 2.24) is 0 Å². The average molecular weight is 379 g/mol. The molecule has 0 fully saturated rings. The highest BCUT2D eigenvalue weighted by Gasteiger charge is 2.26. The van der Waals surface area contributed by atoms with E-state index in [1.54, 1.807) is 12.1 Å². The van der Waals surface area contributed by atoms with Gasteiger partial charge in [-0.15, -0.1) is 0 Å². The number of rotatable bonds is 7. The molecular weight excluding hydrogens is 344 g/mol. The summed E-state index contributed by atoms with van der Waals surface area (Å²) in [6.07, 6.45) is 11.6. The monoisotopic (exact) mass is 378 g/mol. The fourth-order valence-corrected chi connectivity index (χ4v) is 4.37. The third-order valence-electron chi connectivity index (χ3n) is 6.27. The topological polar surface area (TPSA) is 40.5 Å². The molecule has 0 aliphatic heterocycles. The summed E-state index contributed by atoms with van der Waals surface area (Å²) >= 11 is 0. The number of hydrogen-bond acceptors (Lipinski definition) is 2. The molecule has 0 radical (unpaired) electrons. The minimum Gasteiger partial charge on any atom is -0.508 e. The zero-order valence-corrected chi connectivity index (χ0v) is 17.5. The SMILES string of the molecule is CCCCCC(C)(C)c1cc(C2C=CC(c3ccc(O)cc3)CC2)ccc1O. The molecule has 0 amide bonds. The second kappa shape index (κ2) is 8.86. The van der Waals surface area contributed by atoms with E-state index in [9.17, 15) is 10.2 Å². The number of unbranched alkanes of at least 4 members (excludes halogenated alkanes) is 2. The standard InChI is InChI=1S/C26H34O2/c1-4-5-6-17-26(2,3)24-18-22(13-16-25(24)28)21-9-7-19(8-10-21)20-11-14-23(27)15-12-20/h7,9,11-16,18-19,21,27-28H,4-6,8,10,17H2,1-3H3. The van der Waals surface area contributed by atoms with Gasteiger partial charge in [-0.25, -0.2) is 0 Å². The van der Waals surface area contributed by atoms with E-state index in [1.165, 1.54) is 30.4 Å². The van der Waals surface area contributed by atoms with Crippen LogP contribution in [0, 0.1) is 0 Å². The van der Waals surface area contributed by atoms with Gasteiger partial charge in [0.2, 0.25) is 0 Å². The normalized spacial score (nSPS) is 19.7. The predicted molar refractivity (Wildman–Crippen MR) is 117 cm³/mol. The number of phenols is 2. The van der Waals surface area contributed by atoms with E-state index in [2.05, 4.69) is 45.1 Å². The summed E-state index contributed by atoms with van der Waals surface area (Å²) in [7, 11) is 0. The molecule has 0 aromatic heterocycles. The van der Waals surface area contributed by atoms with Crippen molar-refractivity contribution in [2.75, 3.05) is 0 Å². The van der Waals surface area contributed by atoms with E-state index < -0.39 is 0 Å². The van der Waals surface area contributed by atoms with Gasteiger partial charge < -0.3 is 10.2 Å². The van der Waals surface area contributed by atoms with Gasteiger partial charge in [-0.2, -0.15) is 0 Å². The van der Waals surface area contributed by atoms with E-state index >= 15 is 0 Å². The minimum absolute atomic E-state index is 0.0117. The van der Waals surface area contributed by atoms with Crippen molar-refractivity contribution in [2.45, 2.75) is 76.5 Å². The average Bonchev–Trinajstić information content (AvgIpc) is 2.69. The van der Waals surface area contributed by atoms with Gasteiger partial charge in [0.05, 0.1) is 0 Å². The van der Waals surface area contributed by atoms with Crippen LogP contribution in [-0.2, 0) is 5.41 Å². The zero-order chi connectivity index (χ0) is 20.1. The molecule has 3 rings (SSSR count). The van der Waals surface area contributed by atoms with Gasteiger partial charge >= 0.3 is 0 Å². The van der Waals surface area contributed by atoms with Crippen LogP contribution in [0.1, 0.15) is 87.8 Å². The van der Waals surface area contributed by atoms with Crippen molar-refractivity contribution in [3.8, 4) is 11.5 Å². The first-order chi connectivity index (χ1) is 13.4. The molecule has 2 atom stereocenters. The van der Waals surface area contributed by atoms with E-state index in [0.29, 0.717) is 23.3 Å². The quantitative estimate of drug-likeness (QED) is 0.396. The molecule has 1 aliphatic carbocycles. The Morgan fingerprint density at radius 1 is 0.857 bits per heavy atom. The van der Waals surface area contributed by atoms with Gasteiger partial charge in [0.15, 0.2) is 0 Å². The summed E-state index contributed by atoms with van der Waals surface area (Å²) in [5, 5.41) is 20.0. The molecule has 0 saturated heterocycles. The maximum Gasteiger partial charge on any atom is 0.119 e. The highest BCUT2D eigenvalue weighted by atomic mass is 16.3. The zero-order valence-electron chi connectivity index (χ0n) is 17.5. The molecule has 28 heavy (non-hydrogen) atoms. The van der Waals surface area contributed by atoms with Crippen molar-refractivity contribution < 1.29 is 10.2 Å². The Labute approximate surface area is 169 Å². The minimum atomic E-state index is -0.0117. The van der Waals surface area contributed by atoms with Gasteiger partial charge in [0.1, 0.15) is 11.5 Å². The fraction of sp³-hybridized carbons (Fsp3) is 0.462. The summed E-state index contributed by atoms with van der Waals surface area (Å²) in [6.45, 7) is 6.73. The number of allylic oxidation sites excluding steroid dienone is 2. The molecule has 0 saturated carbocycles. The highest BCUT2D eigenvalue weighted by Crippen LogP contribution is 2.40. The third kappa shape index (κ3) is 4.79. The summed E-state index contributed by atoms with van der Waals surface area (Å²) in [4.78, 5) is 0. The highest BCUT2D eigenvalue weighted by molar-refractivity contribution is 5.43. The summed E-state index contributed by atoms with van der Waals surface area (Å²) in [6, 6.07) is 13.8. The molecular formula is C26H34O2. The Kier molecular flexibility index (Phi) is 6.49. The number of benzene rings is 2. The number of hydrogen-bond donors (Lipinski definition) is 2. The lowest BCUT2D eigenvalue weighted by molar-refractivity contribution is 0.407. The van der Waals surface area contributed by atoms with E-state index in [-0.39, 0.29) is 5.41 Å². The molecule has 2 unspecified atom stereocenters. The first kappa shape index (κ1) is 20.5. The van der Waals surface area contributed by atoms with Gasteiger partial charge in [-0.3, -0.25) is 0 Å². The van der Waals surface area contributed by atoms with Gasteiger partial charge in [-0.1, -0.05) is 76.5 Å². The Morgan fingerprint density at radius 2 is 1.46 bits per heavy atom. The second-order valence-corrected chi connectivity index (χ2v) is 8.88. The number of phenolic OH excluding ortho intramolecular Hbond substituents is 2. The maximum atomic E-state index is 10.5. The predicted octanol–water partition coefficient (Wildman–Crippen LogP) is 7.17. The first-order valence-corrected chi connectivity index (χ1v) is 10.7. The van der Waals surface area contributed by atoms with Crippen LogP contribution < -0.4 is 0 Å².